The second kappa shape index (κ2) is 5.82. The zero-order chi connectivity index (χ0) is 17.4. The van der Waals surface area contributed by atoms with Crippen LogP contribution in [0, 0.1) is 5.41 Å². The van der Waals surface area contributed by atoms with E-state index in [0.29, 0.717) is 0 Å². The maximum atomic E-state index is 12.7. The summed E-state index contributed by atoms with van der Waals surface area (Å²) in [6.45, 7) is 1.49. The van der Waals surface area contributed by atoms with Crippen molar-refractivity contribution >= 4 is 21.9 Å². The summed E-state index contributed by atoms with van der Waals surface area (Å²) >= 11 is 0. The summed E-state index contributed by atoms with van der Waals surface area (Å²) in [7, 11) is -2.58. The minimum absolute atomic E-state index is 0.0474. The third kappa shape index (κ3) is 3.02. The summed E-state index contributed by atoms with van der Waals surface area (Å²) < 4.78 is 31.4. The number of benzene rings is 1. The van der Waals surface area contributed by atoms with Gasteiger partial charge in [0, 0.05) is 13.1 Å². The molecule has 0 bridgehead atoms. The minimum atomic E-state index is -3.92. The minimum Gasteiger partial charge on any atom is -0.496 e. The number of primary amides is 1. The van der Waals surface area contributed by atoms with Gasteiger partial charge >= 0.3 is 5.97 Å². The van der Waals surface area contributed by atoms with Gasteiger partial charge < -0.3 is 15.6 Å². The van der Waals surface area contributed by atoms with Crippen LogP contribution in [0.25, 0.3) is 0 Å². The third-order valence-electron chi connectivity index (χ3n) is 4.03. The van der Waals surface area contributed by atoms with Crippen molar-refractivity contribution in [3.05, 3.63) is 23.8 Å². The highest BCUT2D eigenvalue weighted by Gasteiger charge is 2.45. The first-order chi connectivity index (χ1) is 10.6. The highest BCUT2D eigenvalue weighted by Crippen LogP contribution is 2.34. The molecule has 0 spiro atoms. The van der Waals surface area contributed by atoms with Crippen LogP contribution >= 0.6 is 0 Å². The van der Waals surface area contributed by atoms with E-state index in [2.05, 4.69) is 0 Å². The summed E-state index contributed by atoms with van der Waals surface area (Å²) in [6.07, 6.45) is 0.223. The van der Waals surface area contributed by atoms with Crippen molar-refractivity contribution in [2.24, 2.45) is 11.1 Å². The molecule has 1 amide bonds. The first-order valence-corrected chi connectivity index (χ1v) is 8.27. The van der Waals surface area contributed by atoms with Gasteiger partial charge in [-0.15, -0.1) is 0 Å². The number of hydrogen-bond donors (Lipinski definition) is 2. The molecule has 3 N–H and O–H groups in total. The van der Waals surface area contributed by atoms with Crippen molar-refractivity contribution in [3.63, 3.8) is 0 Å². The van der Waals surface area contributed by atoms with Gasteiger partial charge in [-0.25, -0.2) is 8.42 Å². The largest absolute Gasteiger partial charge is 0.496 e. The molecule has 23 heavy (non-hydrogen) atoms. The maximum absolute atomic E-state index is 12.7. The molecule has 126 valence electrons. The lowest BCUT2D eigenvalue weighted by Crippen LogP contribution is -2.35. The summed E-state index contributed by atoms with van der Waals surface area (Å²) in [5.41, 5.74) is 4.07. The Bertz CT molecular complexity index is 761. The van der Waals surface area contributed by atoms with E-state index in [-0.39, 0.29) is 35.7 Å². The molecular formula is C14H18N2O6S. The summed E-state index contributed by atoms with van der Waals surface area (Å²) in [5.74, 6) is -1.67. The molecule has 1 aromatic rings. The van der Waals surface area contributed by atoms with E-state index in [9.17, 15) is 23.1 Å². The predicted octanol–water partition coefficient (Wildman–Crippen LogP) is 0.279. The van der Waals surface area contributed by atoms with Crippen molar-refractivity contribution in [1.82, 2.24) is 4.31 Å². The van der Waals surface area contributed by atoms with E-state index < -0.39 is 27.3 Å². The molecule has 0 radical (unpaired) electrons. The zero-order valence-corrected chi connectivity index (χ0v) is 13.6. The Morgan fingerprint density at radius 1 is 1.39 bits per heavy atom. The standard InChI is InChI=1S/C14H18N2O6S/c1-14(13(18)19)5-6-16(8-14)23(20,21)9-3-4-11(22-2)10(7-9)12(15)17/h3-4,7H,5-6,8H2,1-2H3,(H2,15,17)(H,18,19). The van der Waals surface area contributed by atoms with E-state index in [1.807, 2.05) is 0 Å². The number of methoxy groups -OCH3 is 1. The van der Waals surface area contributed by atoms with Gasteiger partial charge in [0.2, 0.25) is 10.0 Å². The van der Waals surface area contributed by atoms with E-state index in [4.69, 9.17) is 10.5 Å². The topological polar surface area (TPSA) is 127 Å². The Hall–Kier alpha value is -2.13. The molecule has 1 aliphatic heterocycles. The summed E-state index contributed by atoms with van der Waals surface area (Å²) in [6, 6.07) is 3.80. The van der Waals surface area contributed by atoms with Crippen LogP contribution in [0.3, 0.4) is 0 Å². The highest BCUT2D eigenvalue weighted by molar-refractivity contribution is 7.89. The molecule has 8 nitrogen and oxygen atoms in total. The predicted molar refractivity (Wildman–Crippen MR) is 80.6 cm³/mol. The lowest BCUT2D eigenvalue weighted by molar-refractivity contribution is -0.146. The Morgan fingerprint density at radius 3 is 2.52 bits per heavy atom. The number of rotatable bonds is 5. The number of aliphatic carboxylic acids is 1. The number of ether oxygens (including phenoxy) is 1. The number of carbonyl (C=O) groups excluding carboxylic acids is 1. The molecule has 1 aromatic carbocycles. The van der Waals surface area contributed by atoms with Gasteiger partial charge in [0.15, 0.2) is 0 Å². The van der Waals surface area contributed by atoms with E-state index in [1.54, 1.807) is 0 Å². The van der Waals surface area contributed by atoms with Crippen LogP contribution in [0.2, 0.25) is 0 Å². The second-order valence-electron chi connectivity index (χ2n) is 5.68. The van der Waals surface area contributed by atoms with Crippen LogP contribution in [0.15, 0.2) is 23.1 Å². The maximum Gasteiger partial charge on any atom is 0.310 e. The van der Waals surface area contributed by atoms with Crippen LogP contribution < -0.4 is 10.5 Å². The molecule has 0 saturated carbocycles. The van der Waals surface area contributed by atoms with Gasteiger partial charge in [0.05, 0.1) is 23.0 Å². The van der Waals surface area contributed by atoms with Gasteiger partial charge in [-0.05, 0) is 31.5 Å². The van der Waals surface area contributed by atoms with Gasteiger partial charge in [0.1, 0.15) is 5.75 Å². The average Bonchev–Trinajstić information content (AvgIpc) is 2.91. The van der Waals surface area contributed by atoms with Crippen molar-refractivity contribution in [1.29, 1.82) is 0 Å². The van der Waals surface area contributed by atoms with E-state index in [1.165, 1.54) is 26.2 Å². The number of amides is 1. The Kier molecular flexibility index (Phi) is 4.36. The normalized spacial score (nSPS) is 22.0. The number of sulfonamides is 1. The van der Waals surface area contributed by atoms with Crippen molar-refractivity contribution < 1.29 is 27.9 Å². The van der Waals surface area contributed by atoms with Crippen molar-refractivity contribution in [3.8, 4) is 5.75 Å². The Morgan fingerprint density at radius 2 is 2.04 bits per heavy atom. The molecule has 1 unspecified atom stereocenters. The van der Waals surface area contributed by atoms with Crippen LogP contribution in [0.5, 0.6) is 5.75 Å². The number of nitrogens with two attached hydrogens (primary N) is 1. The molecule has 9 heteroatoms. The number of carboxylic acids is 1. The molecule has 0 aliphatic carbocycles. The molecule has 1 aliphatic rings. The molecule has 1 fully saturated rings. The fourth-order valence-electron chi connectivity index (χ4n) is 2.49. The van der Waals surface area contributed by atoms with Crippen molar-refractivity contribution in [2.45, 2.75) is 18.2 Å². The number of carbonyl (C=O) groups is 2. The number of hydrogen-bond acceptors (Lipinski definition) is 5. The average molecular weight is 342 g/mol. The first kappa shape index (κ1) is 17.2. The van der Waals surface area contributed by atoms with Gasteiger partial charge in [-0.1, -0.05) is 0 Å². The fourth-order valence-corrected chi connectivity index (χ4v) is 4.08. The van der Waals surface area contributed by atoms with E-state index in [0.717, 1.165) is 10.4 Å². The van der Waals surface area contributed by atoms with E-state index >= 15 is 0 Å². The Labute approximate surface area is 133 Å². The van der Waals surface area contributed by atoms with Crippen LogP contribution in [-0.2, 0) is 14.8 Å². The number of carboxylic acid groups (broad SMARTS) is 1. The smallest absolute Gasteiger partial charge is 0.310 e. The SMILES string of the molecule is COc1ccc(S(=O)(=O)N2CCC(C)(C(=O)O)C2)cc1C(N)=O. The summed E-state index contributed by atoms with van der Waals surface area (Å²) in [5, 5.41) is 9.21. The van der Waals surface area contributed by atoms with Crippen LogP contribution in [0.1, 0.15) is 23.7 Å². The third-order valence-corrected chi connectivity index (χ3v) is 5.87. The van der Waals surface area contributed by atoms with Gasteiger partial charge in [0.25, 0.3) is 5.91 Å². The quantitative estimate of drug-likeness (QED) is 0.791. The van der Waals surface area contributed by atoms with Crippen LogP contribution in [-0.4, -0.2) is 49.9 Å². The number of nitrogens with zero attached hydrogens (tertiary/aromatic N) is 1. The van der Waals surface area contributed by atoms with Crippen molar-refractivity contribution in [2.75, 3.05) is 20.2 Å². The van der Waals surface area contributed by atoms with Crippen LogP contribution in [0.4, 0.5) is 0 Å². The molecule has 1 heterocycles. The lowest BCUT2D eigenvalue weighted by atomic mass is 9.90. The molecule has 1 saturated heterocycles. The molecular weight excluding hydrogens is 324 g/mol. The Balaban J connectivity index is 2.40. The molecule has 2 rings (SSSR count). The van der Waals surface area contributed by atoms with Gasteiger partial charge in [-0.2, -0.15) is 4.31 Å². The lowest BCUT2D eigenvalue weighted by Gasteiger charge is -2.20. The summed E-state index contributed by atoms with van der Waals surface area (Å²) in [4.78, 5) is 22.6. The first-order valence-electron chi connectivity index (χ1n) is 6.83. The second-order valence-corrected chi connectivity index (χ2v) is 7.62. The molecule has 0 aromatic heterocycles. The molecule has 1 atom stereocenters. The monoisotopic (exact) mass is 342 g/mol. The van der Waals surface area contributed by atoms with Gasteiger partial charge in [-0.3, -0.25) is 9.59 Å². The zero-order valence-electron chi connectivity index (χ0n) is 12.8. The fraction of sp³-hybridized carbons (Fsp3) is 0.429. The highest BCUT2D eigenvalue weighted by atomic mass is 32.2.